The Labute approximate surface area is 201 Å². The second kappa shape index (κ2) is 10.5. The quantitative estimate of drug-likeness (QED) is 0.260. The van der Waals surface area contributed by atoms with Crippen LogP contribution >= 0.6 is 27.3 Å². The van der Waals surface area contributed by atoms with Crippen LogP contribution < -0.4 is 0 Å². The minimum Gasteiger partial charge on any atom is -0.460 e. The topological polar surface area (TPSA) is 69.2 Å². The molecule has 32 heavy (non-hydrogen) atoms. The van der Waals surface area contributed by atoms with Gasteiger partial charge >= 0.3 is 5.97 Å². The van der Waals surface area contributed by atoms with Gasteiger partial charge in [0.1, 0.15) is 5.60 Å². The Morgan fingerprint density at radius 2 is 1.72 bits per heavy atom. The number of nitrogens with zero attached hydrogens (tertiary/aromatic N) is 2. The number of aromatic nitrogens is 2. The first-order chi connectivity index (χ1) is 15.1. The maximum Gasteiger partial charge on any atom is 0.310 e. The van der Waals surface area contributed by atoms with E-state index in [-0.39, 0.29) is 18.2 Å². The molecule has 0 aliphatic carbocycles. The zero-order valence-corrected chi connectivity index (χ0v) is 21.1. The molecule has 3 aromatic rings. The van der Waals surface area contributed by atoms with E-state index in [0.717, 1.165) is 26.9 Å². The Morgan fingerprint density at radius 1 is 1.06 bits per heavy atom. The lowest BCUT2D eigenvalue weighted by atomic mass is 9.93. The summed E-state index contributed by atoms with van der Waals surface area (Å²) >= 11 is 4.83. The van der Waals surface area contributed by atoms with Crippen molar-refractivity contribution in [1.82, 2.24) is 9.97 Å². The van der Waals surface area contributed by atoms with Crippen molar-refractivity contribution in [3.8, 4) is 11.4 Å². The number of carbonyl (C=O) groups excluding carboxylic acids is 2. The zero-order valence-electron chi connectivity index (χ0n) is 18.7. The molecule has 168 valence electrons. The highest BCUT2D eigenvalue weighted by Crippen LogP contribution is 2.25. The van der Waals surface area contributed by atoms with Crippen molar-refractivity contribution in [3.05, 3.63) is 68.6 Å². The normalized spacial score (nSPS) is 12.4. The minimum atomic E-state index is -0.612. The number of hydrogen-bond donors (Lipinski definition) is 0. The summed E-state index contributed by atoms with van der Waals surface area (Å²) in [6.45, 7) is 7.57. The number of benzene rings is 1. The number of ketones is 1. The van der Waals surface area contributed by atoms with E-state index in [2.05, 4.69) is 32.8 Å². The van der Waals surface area contributed by atoms with Crippen LogP contribution in [0.2, 0.25) is 0 Å². The molecule has 0 amide bonds. The van der Waals surface area contributed by atoms with Crippen molar-refractivity contribution in [2.24, 2.45) is 5.92 Å². The fourth-order valence-corrected chi connectivity index (χ4v) is 4.30. The molecular formula is C25H27BrN2O3S. The summed E-state index contributed by atoms with van der Waals surface area (Å²) in [6, 6.07) is 11.6. The molecule has 5 nitrogen and oxygen atoms in total. The Bertz CT molecular complexity index is 1070. The molecule has 2 heterocycles. The van der Waals surface area contributed by atoms with Gasteiger partial charge < -0.3 is 4.74 Å². The number of rotatable bonds is 8. The van der Waals surface area contributed by atoms with Crippen LogP contribution in [-0.2, 0) is 22.4 Å². The van der Waals surface area contributed by atoms with E-state index in [1.807, 2.05) is 57.2 Å². The van der Waals surface area contributed by atoms with Gasteiger partial charge in [-0.25, -0.2) is 9.97 Å². The maximum absolute atomic E-state index is 12.9. The van der Waals surface area contributed by atoms with E-state index >= 15 is 0 Å². The van der Waals surface area contributed by atoms with Crippen LogP contribution in [0.25, 0.3) is 11.4 Å². The predicted molar refractivity (Wildman–Crippen MR) is 131 cm³/mol. The molecule has 0 bridgehead atoms. The number of hydrogen-bond acceptors (Lipinski definition) is 6. The molecule has 0 spiro atoms. The summed E-state index contributed by atoms with van der Waals surface area (Å²) in [5.41, 5.74) is 1.23. The van der Waals surface area contributed by atoms with Crippen LogP contribution in [0.3, 0.4) is 0 Å². The molecule has 0 saturated heterocycles. The van der Waals surface area contributed by atoms with Gasteiger partial charge in [0.2, 0.25) is 0 Å². The molecule has 0 saturated carbocycles. The van der Waals surface area contributed by atoms with Crippen molar-refractivity contribution < 1.29 is 14.3 Å². The van der Waals surface area contributed by atoms with Gasteiger partial charge in [0.15, 0.2) is 11.6 Å². The molecule has 7 heteroatoms. The van der Waals surface area contributed by atoms with Gasteiger partial charge in [0.05, 0.1) is 15.3 Å². The summed E-state index contributed by atoms with van der Waals surface area (Å²) in [5.74, 6) is -0.296. The summed E-state index contributed by atoms with van der Waals surface area (Å²) in [5, 5.41) is 0. The molecule has 0 unspecified atom stereocenters. The van der Waals surface area contributed by atoms with Crippen molar-refractivity contribution in [2.45, 2.75) is 52.6 Å². The summed E-state index contributed by atoms with van der Waals surface area (Å²) in [7, 11) is 0. The smallest absolute Gasteiger partial charge is 0.310 e. The van der Waals surface area contributed by atoms with Gasteiger partial charge in [-0.05, 0) is 67.2 Å². The van der Waals surface area contributed by atoms with E-state index in [1.54, 1.807) is 12.4 Å². The SMILES string of the molecule is CCc1ccc(C(=O)C[C@@H](Cc2ccc(-c3ncc(Br)cn3)cc2)C(=O)OC(C)(C)C)s1. The van der Waals surface area contributed by atoms with Crippen molar-refractivity contribution in [2.75, 3.05) is 0 Å². The fraction of sp³-hybridized carbons (Fsp3) is 0.360. The molecule has 0 radical (unpaired) electrons. The van der Waals surface area contributed by atoms with Crippen LogP contribution in [0, 0.1) is 5.92 Å². The van der Waals surface area contributed by atoms with E-state index in [9.17, 15) is 9.59 Å². The molecule has 0 aliphatic rings. The van der Waals surface area contributed by atoms with Gasteiger partial charge in [0.25, 0.3) is 0 Å². The zero-order chi connectivity index (χ0) is 23.3. The second-order valence-electron chi connectivity index (χ2n) is 8.60. The molecular weight excluding hydrogens is 488 g/mol. The molecule has 0 fully saturated rings. The first-order valence-electron chi connectivity index (χ1n) is 10.6. The van der Waals surface area contributed by atoms with E-state index in [0.29, 0.717) is 17.1 Å². The summed E-state index contributed by atoms with van der Waals surface area (Å²) < 4.78 is 6.45. The van der Waals surface area contributed by atoms with Crippen LogP contribution in [0.4, 0.5) is 0 Å². The van der Waals surface area contributed by atoms with Crippen molar-refractivity contribution >= 4 is 39.0 Å². The Balaban J connectivity index is 1.77. The first-order valence-corrected chi connectivity index (χ1v) is 12.2. The average molecular weight is 515 g/mol. The van der Waals surface area contributed by atoms with E-state index in [4.69, 9.17) is 4.74 Å². The highest BCUT2D eigenvalue weighted by molar-refractivity contribution is 9.10. The van der Waals surface area contributed by atoms with Gasteiger partial charge in [-0.15, -0.1) is 11.3 Å². The largest absolute Gasteiger partial charge is 0.460 e. The fourth-order valence-electron chi connectivity index (χ4n) is 3.20. The average Bonchev–Trinajstić information content (AvgIpc) is 3.23. The Hall–Kier alpha value is -2.38. The lowest BCUT2D eigenvalue weighted by Crippen LogP contribution is -2.31. The van der Waals surface area contributed by atoms with Crippen molar-refractivity contribution in [1.29, 1.82) is 0 Å². The summed E-state index contributed by atoms with van der Waals surface area (Å²) in [4.78, 5) is 36.3. The highest BCUT2D eigenvalue weighted by Gasteiger charge is 2.28. The van der Waals surface area contributed by atoms with Crippen LogP contribution in [-0.4, -0.2) is 27.3 Å². The molecule has 3 rings (SSSR count). The lowest BCUT2D eigenvalue weighted by Gasteiger charge is -2.24. The maximum atomic E-state index is 12.9. The van der Waals surface area contributed by atoms with E-state index < -0.39 is 11.5 Å². The van der Waals surface area contributed by atoms with Crippen LogP contribution in [0.1, 0.15) is 54.2 Å². The Kier molecular flexibility index (Phi) is 7.96. The molecule has 2 aromatic heterocycles. The van der Waals surface area contributed by atoms with Crippen LogP contribution in [0.15, 0.2) is 53.3 Å². The lowest BCUT2D eigenvalue weighted by molar-refractivity contribution is -0.159. The highest BCUT2D eigenvalue weighted by atomic mass is 79.9. The number of Topliss-reactive ketones (excluding diaryl/α,β-unsaturated/α-hetero) is 1. The second-order valence-corrected chi connectivity index (χ2v) is 10.7. The van der Waals surface area contributed by atoms with Gasteiger partial charge in [0, 0.05) is 29.3 Å². The van der Waals surface area contributed by atoms with Crippen molar-refractivity contribution in [3.63, 3.8) is 0 Å². The monoisotopic (exact) mass is 514 g/mol. The third-order valence-electron chi connectivity index (χ3n) is 4.77. The number of halogens is 1. The van der Waals surface area contributed by atoms with Gasteiger partial charge in [-0.3, -0.25) is 9.59 Å². The van der Waals surface area contributed by atoms with Gasteiger partial charge in [-0.1, -0.05) is 31.2 Å². The number of esters is 1. The summed E-state index contributed by atoms with van der Waals surface area (Å²) in [6.07, 6.45) is 4.84. The number of ether oxygens (including phenoxy) is 1. The third-order valence-corrected chi connectivity index (χ3v) is 6.45. The number of carbonyl (C=O) groups is 2. The molecule has 0 N–H and O–H groups in total. The molecule has 1 aromatic carbocycles. The van der Waals surface area contributed by atoms with Gasteiger partial charge in [-0.2, -0.15) is 0 Å². The van der Waals surface area contributed by atoms with E-state index in [1.165, 1.54) is 11.3 Å². The predicted octanol–water partition coefficient (Wildman–Crippen LogP) is 6.30. The number of thiophene rings is 1. The molecule has 1 atom stereocenters. The van der Waals surface area contributed by atoms with Crippen LogP contribution in [0.5, 0.6) is 0 Å². The number of aryl methyl sites for hydroxylation is 1. The first kappa shape index (κ1) is 24.3. The molecule has 0 aliphatic heterocycles. The minimum absolute atomic E-state index is 0.0227. The Morgan fingerprint density at radius 3 is 2.28 bits per heavy atom. The third kappa shape index (κ3) is 6.81. The standard InChI is InChI=1S/C25H27BrN2O3S/c1-5-20-10-11-22(32-20)21(29)13-18(24(30)31-25(2,3)4)12-16-6-8-17(9-7-16)23-27-14-19(26)15-28-23/h6-11,14-15,18H,5,12-13H2,1-4H3/t18-/m1/s1.